The number of nitrogens with zero attached hydrogens (tertiary/aromatic N) is 3. The van der Waals surface area contributed by atoms with Gasteiger partial charge in [0.2, 0.25) is 5.91 Å². The van der Waals surface area contributed by atoms with E-state index in [1.165, 1.54) is 0 Å². The second-order valence-electron chi connectivity index (χ2n) is 5.57. The first kappa shape index (κ1) is 14.6. The number of hydrogen-bond acceptors (Lipinski definition) is 6. The Morgan fingerprint density at radius 3 is 3.13 bits per heavy atom. The van der Waals surface area contributed by atoms with Gasteiger partial charge in [-0.1, -0.05) is 11.2 Å². The monoisotopic (exact) mass is 345 g/mol. The number of aromatic nitrogens is 2. The lowest BCUT2D eigenvalue weighted by molar-refractivity contribution is -0.129. The molecule has 4 heterocycles. The molecule has 0 spiro atoms. The molecular formula is C16H15N3O2S2. The molecule has 23 heavy (non-hydrogen) atoms. The minimum Gasteiger partial charge on any atom is -0.342 e. The Balaban J connectivity index is 1.41. The van der Waals surface area contributed by atoms with Crippen molar-refractivity contribution in [3.8, 4) is 10.8 Å². The average molecular weight is 345 g/mol. The van der Waals surface area contributed by atoms with Crippen LogP contribution in [0.25, 0.3) is 10.8 Å². The van der Waals surface area contributed by atoms with E-state index in [0.29, 0.717) is 24.7 Å². The van der Waals surface area contributed by atoms with Gasteiger partial charge >= 0.3 is 0 Å². The molecule has 7 heteroatoms. The van der Waals surface area contributed by atoms with Crippen LogP contribution < -0.4 is 0 Å². The van der Waals surface area contributed by atoms with Crippen molar-refractivity contribution in [1.29, 1.82) is 0 Å². The molecule has 0 saturated carbocycles. The van der Waals surface area contributed by atoms with Gasteiger partial charge in [0.1, 0.15) is 0 Å². The highest BCUT2D eigenvalue weighted by molar-refractivity contribution is 7.13. The SMILES string of the molecule is O=C(Cc1ccsc1)N1CC[C@@H](c2noc(-c3cccs3)n2)C1. The van der Waals surface area contributed by atoms with Crippen LogP contribution >= 0.6 is 22.7 Å². The van der Waals surface area contributed by atoms with Gasteiger partial charge in [-0.2, -0.15) is 16.3 Å². The van der Waals surface area contributed by atoms with E-state index in [4.69, 9.17) is 4.52 Å². The summed E-state index contributed by atoms with van der Waals surface area (Å²) in [5.41, 5.74) is 1.09. The fourth-order valence-corrected chi connectivity index (χ4v) is 4.09. The third kappa shape index (κ3) is 3.07. The molecule has 0 bridgehead atoms. The highest BCUT2D eigenvalue weighted by Crippen LogP contribution is 2.29. The van der Waals surface area contributed by atoms with Gasteiger partial charge in [0, 0.05) is 19.0 Å². The van der Waals surface area contributed by atoms with Gasteiger partial charge in [-0.15, -0.1) is 11.3 Å². The second-order valence-corrected chi connectivity index (χ2v) is 7.30. The zero-order valence-electron chi connectivity index (χ0n) is 12.3. The highest BCUT2D eigenvalue weighted by Gasteiger charge is 2.30. The molecule has 1 saturated heterocycles. The summed E-state index contributed by atoms with van der Waals surface area (Å²) in [4.78, 5) is 19.7. The van der Waals surface area contributed by atoms with Crippen LogP contribution in [0.15, 0.2) is 38.9 Å². The Labute approximate surface area is 141 Å². The summed E-state index contributed by atoms with van der Waals surface area (Å²) >= 11 is 3.20. The van der Waals surface area contributed by atoms with E-state index < -0.39 is 0 Å². The number of amides is 1. The van der Waals surface area contributed by atoms with Gasteiger partial charge in [0.05, 0.1) is 11.3 Å². The molecule has 118 valence electrons. The Morgan fingerprint density at radius 2 is 2.35 bits per heavy atom. The Kier molecular flexibility index (Phi) is 3.97. The summed E-state index contributed by atoms with van der Waals surface area (Å²) in [5, 5.41) is 10.1. The first-order valence-corrected chi connectivity index (χ1v) is 9.28. The summed E-state index contributed by atoms with van der Waals surface area (Å²) in [6.45, 7) is 1.43. The third-order valence-corrected chi connectivity index (χ3v) is 5.61. The molecule has 1 aliphatic rings. The maximum absolute atomic E-state index is 12.3. The van der Waals surface area contributed by atoms with Gasteiger partial charge in [-0.3, -0.25) is 4.79 Å². The second kappa shape index (κ2) is 6.25. The van der Waals surface area contributed by atoms with Crippen molar-refractivity contribution in [2.24, 2.45) is 0 Å². The van der Waals surface area contributed by atoms with Gasteiger partial charge < -0.3 is 9.42 Å². The van der Waals surface area contributed by atoms with Crippen molar-refractivity contribution in [2.45, 2.75) is 18.8 Å². The van der Waals surface area contributed by atoms with E-state index in [9.17, 15) is 4.79 Å². The molecule has 3 aromatic rings. The van der Waals surface area contributed by atoms with E-state index in [1.54, 1.807) is 22.7 Å². The minimum atomic E-state index is 0.166. The fourth-order valence-electron chi connectivity index (χ4n) is 2.78. The molecule has 5 nitrogen and oxygen atoms in total. The van der Waals surface area contributed by atoms with Gasteiger partial charge in [-0.25, -0.2) is 0 Å². The van der Waals surface area contributed by atoms with Crippen molar-refractivity contribution in [2.75, 3.05) is 13.1 Å². The van der Waals surface area contributed by atoms with Crippen molar-refractivity contribution in [3.05, 3.63) is 45.7 Å². The van der Waals surface area contributed by atoms with Crippen LogP contribution in [0, 0.1) is 0 Å². The summed E-state index contributed by atoms with van der Waals surface area (Å²) in [6.07, 6.45) is 1.36. The number of rotatable bonds is 4. The summed E-state index contributed by atoms with van der Waals surface area (Å²) in [5.74, 6) is 1.61. The van der Waals surface area contributed by atoms with Crippen molar-refractivity contribution < 1.29 is 9.32 Å². The lowest BCUT2D eigenvalue weighted by atomic mass is 10.1. The molecule has 0 radical (unpaired) electrons. The predicted molar refractivity (Wildman–Crippen MR) is 89.6 cm³/mol. The molecule has 0 N–H and O–H groups in total. The zero-order chi connectivity index (χ0) is 15.6. The largest absolute Gasteiger partial charge is 0.342 e. The van der Waals surface area contributed by atoms with E-state index in [2.05, 4.69) is 10.1 Å². The van der Waals surface area contributed by atoms with E-state index in [0.717, 1.165) is 23.4 Å². The molecule has 1 fully saturated rings. The average Bonchev–Trinajstić information content (AvgIpc) is 3.30. The number of hydrogen-bond donors (Lipinski definition) is 0. The van der Waals surface area contributed by atoms with Crippen molar-refractivity contribution in [3.63, 3.8) is 0 Å². The molecule has 0 unspecified atom stereocenters. The Hall–Kier alpha value is -1.99. The van der Waals surface area contributed by atoms with Crippen molar-refractivity contribution >= 4 is 28.6 Å². The van der Waals surface area contributed by atoms with E-state index >= 15 is 0 Å². The van der Waals surface area contributed by atoms with Crippen molar-refractivity contribution in [1.82, 2.24) is 15.0 Å². The summed E-state index contributed by atoms with van der Waals surface area (Å²) < 4.78 is 5.35. The maximum Gasteiger partial charge on any atom is 0.267 e. The van der Waals surface area contributed by atoms with Crippen LogP contribution in [0.1, 0.15) is 23.7 Å². The van der Waals surface area contributed by atoms with Crippen LogP contribution in [0.2, 0.25) is 0 Å². The molecular weight excluding hydrogens is 330 g/mol. The van der Waals surface area contributed by atoms with E-state index in [1.807, 2.05) is 39.2 Å². The number of likely N-dealkylation sites (tertiary alicyclic amines) is 1. The number of carbonyl (C=O) groups is 1. The fraction of sp³-hybridized carbons (Fsp3) is 0.312. The van der Waals surface area contributed by atoms with Crippen LogP contribution in [0.4, 0.5) is 0 Å². The third-order valence-electron chi connectivity index (χ3n) is 4.02. The molecule has 1 amide bonds. The molecule has 4 rings (SSSR count). The number of carbonyl (C=O) groups excluding carboxylic acids is 1. The molecule has 1 atom stereocenters. The standard InChI is InChI=1S/C16H15N3O2S2/c20-14(8-11-4-7-22-10-11)19-5-3-12(9-19)15-17-16(21-18-15)13-2-1-6-23-13/h1-2,4,6-7,10,12H,3,5,8-9H2/t12-/m1/s1. The smallest absolute Gasteiger partial charge is 0.267 e. The van der Waals surface area contributed by atoms with Gasteiger partial charge in [0.25, 0.3) is 5.89 Å². The highest BCUT2D eigenvalue weighted by atomic mass is 32.1. The molecule has 0 aliphatic carbocycles. The maximum atomic E-state index is 12.3. The quantitative estimate of drug-likeness (QED) is 0.727. The minimum absolute atomic E-state index is 0.166. The zero-order valence-corrected chi connectivity index (χ0v) is 14.0. The summed E-state index contributed by atoms with van der Waals surface area (Å²) in [6, 6.07) is 5.93. The van der Waals surface area contributed by atoms with E-state index in [-0.39, 0.29) is 11.8 Å². The normalized spacial score (nSPS) is 17.7. The lowest BCUT2D eigenvalue weighted by Gasteiger charge is -2.15. The van der Waals surface area contributed by atoms with Gasteiger partial charge in [-0.05, 0) is 40.3 Å². The molecule has 1 aliphatic heterocycles. The first-order valence-electron chi connectivity index (χ1n) is 7.46. The first-order chi connectivity index (χ1) is 11.3. The Morgan fingerprint density at radius 1 is 1.39 bits per heavy atom. The number of thiophene rings is 2. The van der Waals surface area contributed by atoms with Crippen LogP contribution in [-0.4, -0.2) is 34.0 Å². The predicted octanol–water partition coefficient (Wildman–Crippen LogP) is 3.42. The topological polar surface area (TPSA) is 59.2 Å². The van der Waals surface area contributed by atoms with Gasteiger partial charge in [0.15, 0.2) is 5.82 Å². The van der Waals surface area contributed by atoms with Crippen LogP contribution in [0.5, 0.6) is 0 Å². The lowest BCUT2D eigenvalue weighted by Crippen LogP contribution is -2.29. The summed E-state index contributed by atoms with van der Waals surface area (Å²) in [7, 11) is 0. The van der Waals surface area contributed by atoms with Crippen LogP contribution in [-0.2, 0) is 11.2 Å². The molecule has 3 aromatic heterocycles. The Bertz CT molecular complexity index is 780. The van der Waals surface area contributed by atoms with Crippen LogP contribution in [0.3, 0.4) is 0 Å². The molecule has 0 aromatic carbocycles.